The SMILES string of the molecule is CC(C)(C)OC(=O)/C=C/CC(O)CCN(c1ccccc1)c1ccccc1. The Labute approximate surface area is 162 Å². The highest BCUT2D eigenvalue weighted by Crippen LogP contribution is 2.25. The fourth-order valence-corrected chi connectivity index (χ4v) is 2.68. The summed E-state index contributed by atoms with van der Waals surface area (Å²) in [6.07, 6.45) is 3.53. The largest absolute Gasteiger partial charge is 0.457 e. The molecule has 0 aliphatic carbocycles. The fourth-order valence-electron chi connectivity index (χ4n) is 2.68. The van der Waals surface area contributed by atoms with Crippen molar-refractivity contribution in [3.8, 4) is 0 Å². The van der Waals surface area contributed by atoms with Crippen LogP contribution in [0.3, 0.4) is 0 Å². The number of aliphatic hydroxyl groups is 1. The number of hydrogen-bond acceptors (Lipinski definition) is 4. The van der Waals surface area contributed by atoms with Gasteiger partial charge in [-0.1, -0.05) is 42.5 Å². The van der Waals surface area contributed by atoms with Crippen molar-refractivity contribution in [3.63, 3.8) is 0 Å². The van der Waals surface area contributed by atoms with Crippen LogP contribution in [0.2, 0.25) is 0 Å². The van der Waals surface area contributed by atoms with Crippen molar-refractivity contribution < 1.29 is 14.6 Å². The number of aliphatic hydroxyl groups excluding tert-OH is 1. The fraction of sp³-hybridized carbons (Fsp3) is 0.348. The van der Waals surface area contributed by atoms with Gasteiger partial charge in [-0.25, -0.2) is 4.79 Å². The van der Waals surface area contributed by atoms with E-state index in [4.69, 9.17) is 4.74 Å². The van der Waals surface area contributed by atoms with Gasteiger partial charge in [0.25, 0.3) is 0 Å². The van der Waals surface area contributed by atoms with Crippen LogP contribution in [0.25, 0.3) is 0 Å². The Hall–Kier alpha value is -2.59. The number of carbonyl (C=O) groups is 1. The normalized spacial score (nSPS) is 12.7. The highest BCUT2D eigenvalue weighted by atomic mass is 16.6. The molecule has 1 atom stereocenters. The van der Waals surface area contributed by atoms with E-state index in [1.54, 1.807) is 6.08 Å². The van der Waals surface area contributed by atoms with Crippen molar-refractivity contribution in [2.24, 2.45) is 0 Å². The standard InChI is InChI=1S/C23H29NO3/c1-23(2,3)27-22(26)16-10-15-21(25)17-18-24(19-11-6-4-7-12-19)20-13-8-5-9-14-20/h4-14,16,21,25H,15,17-18H2,1-3H3/b16-10+. The van der Waals surface area contributed by atoms with E-state index in [1.165, 1.54) is 6.08 Å². The van der Waals surface area contributed by atoms with Gasteiger partial charge in [0.15, 0.2) is 0 Å². The van der Waals surface area contributed by atoms with Gasteiger partial charge in [-0.3, -0.25) is 0 Å². The summed E-state index contributed by atoms with van der Waals surface area (Å²) in [4.78, 5) is 13.9. The maximum absolute atomic E-state index is 11.7. The molecule has 1 unspecified atom stereocenters. The second kappa shape index (κ2) is 9.93. The van der Waals surface area contributed by atoms with Crippen molar-refractivity contribution in [1.29, 1.82) is 0 Å². The number of benzene rings is 2. The molecule has 0 spiro atoms. The maximum Gasteiger partial charge on any atom is 0.330 e. The summed E-state index contributed by atoms with van der Waals surface area (Å²) >= 11 is 0. The molecule has 4 heteroatoms. The zero-order chi connectivity index (χ0) is 19.7. The molecule has 144 valence electrons. The number of rotatable bonds is 8. The summed E-state index contributed by atoms with van der Waals surface area (Å²) in [5.74, 6) is -0.384. The number of hydrogen-bond donors (Lipinski definition) is 1. The molecule has 0 saturated carbocycles. The van der Waals surface area contributed by atoms with E-state index in [0.717, 1.165) is 11.4 Å². The van der Waals surface area contributed by atoms with E-state index in [1.807, 2.05) is 57.2 Å². The van der Waals surface area contributed by atoms with Crippen LogP contribution in [0.15, 0.2) is 72.8 Å². The molecule has 4 nitrogen and oxygen atoms in total. The summed E-state index contributed by atoms with van der Waals surface area (Å²) in [7, 11) is 0. The van der Waals surface area contributed by atoms with E-state index >= 15 is 0 Å². The molecular weight excluding hydrogens is 338 g/mol. The monoisotopic (exact) mass is 367 g/mol. The quantitative estimate of drug-likeness (QED) is 0.534. The highest BCUT2D eigenvalue weighted by molar-refractivity contribution is 5.82. The number of anilines is 2. The van der Waals surface area contributed by atoms with Gasteiger partial charge in [0.05, 0.1) is 6.10 Å². The summed E-state index contributed by atoms with van der Waals surface area (Å²) in [6.45, 7) is 6.16. The van der Waals surface area contributed by atoms with Gasteiger partial charge in [0.2, 0.25) is 0 Å². The van der Waals surface area contributed by atoms with E-state index in [2.05, 4.69) is 29.2 Å². The van der Waals surface area contributed by atoms with Crippen LogP contribution in [0.5, 0.6) is 0 Å². The molecule has 0 aromatic heterocycles. The summed E-state index contributed by atoms with van der Waals surface area (Å²) < 4.78 is 5.22. The summed E-state index contributed by atoms with van der Waals surface area (Å²) in [6, 6.07) is 20.2. The molecule has 0 fully saturated rings. The van der Waals surface area contributed by atoms with E-state index in [0.29, 0.717) is 19.4 Å². The van der Waals surface area contributed by atoms with Gasteiger partial charge < -0.3 is 14.7 Å². The predicted octanol–water partition coefficient (Wildman–Crippen LogP) is 4.86. The molecule has 0 bridgehead atoms. The second-order valence-electron chi connectivity index (χ2n) is 7.44. The summed E-state index contributed by atoms with van der Waals surface area (Å²) in [5.41, 5.74) is 1.66. The third-order valence-corrected chi connectivity index (χ3v) is 3.89. The van der Waals surface area contributed by atoms with Crippen LogP contribution in [-0.4, -0.2) is 29.3 Å². The zero-order valence-electron chi connectivity index (χ0n) is 16.3. The molecular formula is C23H29NO3. The number of esters is 1. The number of nitrogens with zero attached hydrogens (tertiary/aromatic N) is 1. The lowest BCUT2D eigenvalue weighted by Crippen LogP contribution is -2.23. The van der Waals surface area contributed by atoms with Crippen LogP contribution in [0.4, 0.5) is 11.4 Å². The first kappa shape index (κ1) is 20.7. The number of carbonyl (C=O) groups excluding carboxylic acids is 1. The van der Waals surface area contributed by atoms with E-state index in [9.17, 15) is 9.90 Å². The van der Waals surface area contributed by atoms with Gasteiger partial charge in [-0.2, -0.15) is 0 Å². The summed E-state index contributed by atoms with van der Waals surface area (Å²) in [5, 5.41) is 10.3. The van der Waals surface area contributed by atoms with Crippen molar-refractivity contribution in [2.45, 2.75) is 45.3 Å². The van der Waals surface area contributed by atoms with Gasteiger partial charge in [-0.05, 0) is 57.9 Å². The molecule has 2 aromatic carbocycles. The molecule has 0 radical (unpaired) electrons. The minimum absolute atomic E-state index is 0.384. The molecule has 0 amide bonds. The van der Waals surface area contributed by atoms with Crippen molar-refractivity contribution in [2.75, 3.05) is 11.4 Å². The molecule has 27 heavy (non-hydrogen) atoms. The first-order valence-electron chi connectivity index (χ1n) is 9.30. The van der Waals surface area contributed by atoms with Crippen LogP contribution >= 0.6 is 0 Å². The Morgan fingerprint density at radius 3 is 2.04 bits per heavy atom. The Kier molecular flexibility index (Phi) is 7.62. The van der Waals surface area contributed by atoms with Crippen molar-refractivity contribution in [1.82, 2.24) is 0 Å². The molecule has 2 aromatic rings. The molecule has 0 aliphatic rings. The smallest absolute Gasteiger partial charge is 0.330 e. The van der Waals surface area contributed by atoms with Gasteiger partial charge in [-0.15, -0.1) is 0 Å². The van der Waals surface area contributed by atoms with Crippen LogP contribution in [0.1, 0.15) is 33.6 Å². The molecule has 1 N–H and O–H groups in total. The first-order valence-corrected chi connectivity index (χ1v) is 9.30. The Morgan fingerprint density at radius 2 is 1.56 bits per heavy atom. The predicted molar refractivity (Wildman–Crippen MR) is 110 cm³/mol. The third-order valence-electron chi connectivity index (χ3n) is 3.89. The average Bonchev–Trinajstić information content (AvgIpc) is 2.62. The molecule has 0 heterocycles. The van der Waals surface area contributed by atoms with Gasteiger partial charge in [0, 0.05) is 24.0 Å². The Bertz CT molecular complexity index is 681. The van der Waals surface area contributed by atoms with Crippen LogP contribution in [-0.2, 0) is 9.53 Å². The van der Waals surface area contributed by atoms with Crippen LogP contribution < -0.4 is 4.90 Å². The average molecular weight is 367 g/mol. The lowest BCUT2D eigenvalue weighted by atomic mass is 10.1. The Balaban J connectivity index is 1.92. The number of ether oxygens (including phenoxy) is 1. The lowest BCUT2D eigenvalue weighted by Gasteiger charge is -2.26. The molecule has 2 rings (SSSR count). The lowest BCUT2D eigenvalue weighted by molar-refractivity contribution is -0.148. The minimum Gasteiger partial charge on any atom is -0.457 e. The third kappa shape index (κ3) is 7.67. The van der Waals surface area contributed by atoms with Gasteiger partial charge >= 0.3 is 5.97 Å². The maximum atomic E-state index is 11.7. The highest BCUT2D eigenvalue weighted by Gasteiger charge is 2.14. The van der Waals surface area contributed by atoms with Crippen LogP contribution in [0, 0.1) is 0 Å². The Morgan fingerprint density at radius 1 is 1.04 bits per heavy atom. The molecule has 0 aliphatic heterocycles. The number of para-hydroxylation sites is 2. The van der Waals surface area contributed by atoms with E-state index in [-0.39, 0.29) is 5.97 Å². The zero-order valence-corrected chi connectivity index (χ0v) is 16.3. The minimum atomic E-state index is -0.529. The topological polar surface area (TPSA) is 49.8 Å². The van der Waals surface area contributed by atoms with Crippen molar-refractivity contribution >= 4 is 17.3 Å². The first-order chi connectivity index (χ1) is 12.8. The van der Waals surface area contributed by atoms with Gasteiger partial charge in [0.1, 0.15) is 5.60 Å². The second-order valence-corrected chi connectivity index (χ2v) is 7.44. The van der Waals surface area contributed by atoms with Crippen molar-refractivity contribution in [3.05, 3.63) is 72.8 Å². The van der Waals surface area contributed by atoms with E-state index < -0.39 is 11.7 Å². The molecule has 0 saturated heterocycles.